The van der Waals surface area contributed by atoms with Crippen molar-refractivity contribution in [2.75, 3.05) is 36.4 Å². The zero-order valence-electron chi connectivity index (χ0n) is 19.5. The van der Waals surface area contributed by atoms with Gasteiger partial charge in [-0.05, 0) is 48.0 Å². The summed E-state index contributed by atoms with van der Waals surface area (Å²) in [5, 5.41) is 3.69. The number of halogens is 3. The maximum atomic E-state index is 14.0. The molecule has 1 aliphatic heterocycles. The quantitative estimate of drug-likeness (QED) is 0.332. The minimum absolute atomic E-state index is 0.0269. The number of carbonyl (C=O) groups is 1. The van der Waals surface area contributed by atoms with Crippen LogP contribution >= 0.6 is 35.0 Å². The first-order valence-electron chi connectivity index (χ1n) is 11.2. The van der Waals surface area contributed by atoms with Crippen molar-refractivity contribution in [2.24, 2.45) is 0 Å². The number of hydrogen-bond donors (Lipinski definition) is 1. The molecule has 0 fully saturated rings. The number of rotatable bonds is 10. The van der Waals surface area contributed by atoms with Crippen LogP contribution < -0.4 is 19.1 Å². The van der Waals surface area contributed by atoms with Crippen LogP contribution in [-0.2, 0) is 20.6 Å². The molecular weight excluding hydrogens is 562 g/mol. The van der Waals surface area contributed by atoms with Gasteiger partial charge in [0.2, 0.25) is 5.91 Å². The van der Waals surface area contributed by atoms with Gasteiger partial charge in [0.1, 0.15) is 25.6 Å². The number of amides is 1. The maximum Gasteiger partial charge on any atom is 0.264 e. The molecule has 0 spiro atoms. The summed E-state index contributed by atoms with van der Waals surface area (Å²) in [6.07, 6.45) is 0. The van der Waals surface area contributed by atoms with E-state index in [1.54, 1.807) is 23.9 Å². The SMILES string of the molecule is O=C(CN(c1cccc(F)c1)S(=O)(=O)c1ccc2c(c1)OCCO2)NCCSCc1ccc(Cl)c(Cl)c1. The molecule has 3 aromatic rings. The summed E-state index contributed by atoms with van der Waals surface area (Å²) < 4.78 is 52.9. The first-order chi connectivity index (χ1) is 17.7. The Labute approximate surface area is 228 Å². The highest BCUT2D eigenvalue weighted by atomic mass is 35.5. The zero-order chi connectivity index (χ0) is 26.4. The summed E-state index contributed by atoms with van der Waals surface area (Å²) in [6.45, 7) is 0.430. The molecule has 1 aliphatic rings. The van der Waals surface area contributed by atoms with E-state index in [9.17, 15) is 17.6 Å². The maximum absolute atomic E-state index is 14.0. The highest BCUT2D eigenvalue weighted by molar-refractivity contribution is 7.98. The third-order valence-corrected chi connectivity index (χ3v) is 8.85. The van der Waals surface area contributed by atoms with Crippen LogP contribution in [0.25, 0.3) is 0 Å². The van der Waals surface area contributed by atoms with Gasteiger partial charge in [-0.1, -0.05) is 35.3 Å². The Kier molecular flexibility index (Phi) is 9.07. The van der Waals surface area contributed by atoms with Crippen molar-refractivity contribution < 1.29 is 27.1 Å². The van der Waals surface area contributed by atoms with Crippen LogP contribution in [0.15, 0.2) is 65.6 Å². The molecule has 196 valence electrons. The van der Waals surface area contributed by atoms with Gasteiger partial charge in [-0.15, -0.1) is 0 Å². The minimum Gasteiger partial charge on any atom is -0.486 e. The van der Waals surface area contributed by atoms with Gasteiger partial charge in [-0.2, -0.15) is 11.8 Å². The Hall–Kier alpha value is -2.66. The number of nitrogens with one attached hydrogen (secondary N) is 1. The van der Waals surface area contributed by atoms with Crippen molar-refractivity contribution in [3.63, 3.8) is 0 Å². The van der Waals surface area contributed by atoms with E-state index in [0.717, 1.165) is 15.9 Å². The summed E-state index contributed by atoms with van der Waals surface area (Å²) in [5.74, 6) is 0.815. The second kappa shape index (κ2) is 12.3. The second-order valence-electron chi connectivity index (χ2n) is 7.95. The molecule has 0 bridgehead atoms. The summed E-state index contributed by atoms with van der Waals surface area (Å²) >= 11 is 13.5. The van der Waals surface area contributed by atoms with Crippen molar-refractivity contribution in [3.05, 3.63) is 82.1 Å². The Balaban J connectivity index is 1.42. The normalized spacial score (nSPS) is 12.7. The zero-order valence-corrected chi connectivity index (χ0v) is 22.6. The molecule has 7 nitrogen and oxygen atoms in total. The summed E-state index contributed by atoms with van der Waals surface area (Å²) in [7, 11) is -4.24. The molecule has 0 saturated heterocycles. The van der Waals surface area contributed by atoms with E-state index < -0.39 is 28.3 Å². The van der Waals surface area contributed by atoms with E-state index in [4.69, 9.17) is 32.7 Å². The fourth-order valence-electron chi connectivity index (χ4n) is 3.53. The number of hydrogen-bond acceptors (Lipinski definition) is 6. The molecular formula is C25H23Cl2FN2O5S2. The Morgan fingerprint density at radius 1 is 1.00 bits per heavy atom. The van der Waals surface area contributed by atoms with Crippen LogP contribution in [0.3, 0.4) is 0 Å². The van der Waals surface area contributed by atoms with Crippen molar-refractivity contribution in [2.45, 2.75) is 10.6 Å². The summed E-state index contributed by atoms with van der Waals surface area (Å²) in [5.41, 5.74) is 1.02. The number of thioether (sulfide) groups is 1. The van der Waals surface area contributed by atoms with Gasteiger partial charge in [0.25, 0.3) is 10.0 Å². The standard InChI is InChI=1S/C25H23Cl2FN2O5S2/c26-21-6-4-17(12-22(21)27)16-36-11-8-29-25(31)15-30(19-3-1-2-18(28)13-19)37(32,33)20-5-7-23-24(14-20)35-10-9-34-23/h1-7,12-14H,8-11,15-16H2,(H,29,31). The van der Waals surface area contributed by atoms with Crippen molar-refractivity contribution in [1.29, 1.82) is 0 Å². The Morgan fingerprint density at radius 3 is 2.54 bits per heavy atom. The molecule has 0 atom stereocenters. The molecule has 0 aromatic heterocycles. The summed E-state index contributed by atoms with van der Waals surface area (Å²) in [4.78, 5) is 12.6. The predicted molar refractivity (Wildman–Crippen MR) is 144 cm³/mol. The van der Waals surface area contributed by atoms with Crippen LogP contribution in [0.5, 0.6) is 11.5 Å². The smallest absolute Gasteiger partial charge is 0.264 e. The predicted octanol–water partition coefficient (Wildman–Crippen LogP) is 5.15. The number of carbonyl (C=O) groups excluding carboxylic acids is 1. The van der Waals surface area contributed by atoms with Gasteiger partial charge >= 0.3 is 0 Å². The number of anilines is 1. The van der Waals surface area contributed by atoms with E-state index in [0.29, 0.717) is 40.5 Å². The van der Waals surface area contributed by atoms with E-state index >= 15 is 0 Å². The number of fused-ring (bicyclic) bond motifs is 1. The lowest BCUT2D eigenvalue weighted by molar-refractivity contribution is -0.119. The van der Waals surface area contributed by atoms with Gasteiger partial charge in [0.15, 0.2) is 11.5 Å². The van der Waals surface area contributed by atoms with Crippen molar-refractivity contribution >= 4 is 56.6 Å². The highest BCUT2D eigenvalue weighted by Gasteiger charge is 2.29. The lowest BCUT2D eigenvalue weighted by atomic mass is 10.2. The third kappa shape index (κ3) is 7.01. The topological polar surface area (TPSA) is 84.9 Å². The van der Waals surface area contributed by atoms with Crippen LogP contribution in [0.4, 0.5) is 10.1 Å². The van der Waals surface area contributed by atoms with E-state index in [1.165, 1.54) is 36.4 Å². The molecule has 0 unspecified atom stereocenters. The monoisotopic (exact) mass is 584 g/mol. The third-order valence-electron chi connectivity index (χ3n) is 5.31. The molecule has 1 heterocycles. The molecule has 37 heavy (non-hydrogen) atoms. The average Bonchev–Trinajstić information content (AvgIpc) is 2.88. The molecule has 12 heteroatoms. The van der Waals surface area contributed by atoms with Crippen LogP contribution in [0.1, 0.15) is 5.56 Å². The van der Waals surface area contributed by atoms with Crippen LogP contribution in [0, 0.1) is 5.82 Å². The number of benzene rings is 3. The van der Waals surface area contributed by atoms with Gasteiger partial charge in [-0.25, -0.2) is 12.8 Å². The Bertz CT molecular complexity index is 1390. The lowest BCUT2D eigenvalue weighted by Gasteiger charge is -2.25. The van der Waals surface area contributed by atoms with Crippen LogP contribution in [0.2, 0.25) is 10.0 Å². The fourth-order valence-corrected chi connectivity index (χ4v) is 6.08. The Morgan fingerprint density at radius 2 is 1.78 bits per heavy atom. The van der Waals surface area contributed by atoms with Gasteiger partial charge in [0, 0.05) is 24.1 Å². The van der Waals surface area contributed by atoms with Crippen molar-refractivity contribution in [1.82, 2.24) is 5.32 Å². The molecule has 1 amide bonds. The fraction of sp³-hybridized carbons (Fsp3) is 0.240. The number of nitrogens with zero attached hydrogens (tertiary/aromatic N) is 1. The minimum atomic E-state index is -4.24. The molecule has 0 aliphatic carbocycles. The molecule has 1 N–H and O–H groups in total. The molecule has 0 radical (unpaired) electrons. The highest BCUT2D eigenvalue weighted by Crippen LogP contribution is 2.34. The van der Waals surface area contributed by atoms with E-state index in [1.807, 2.05) is 6.07 Å². The van der Waals surface area contributed by atoms with Gasteiger partial charge in [0.05, 0.1) is 20.6 Å². The molecule has 3 aromatic carbocycles. The number of sulfonamides is 1. The largest absolute Gasteiger partial charge is 0.486 e. The van der Waals surface area contributed by atoms with Gasteiger partial charge in [-0.3, -0.25) is 9.10 Å². The number of ether oxygens (including phenoxy) is 2. The second-order valence-corrected chi connectivity index (χ2v) is 11.7. The first kappa shape index (κ1) is 27.4. The average molecular weight is 586 g/mol. The lowest BCUT2D eigenvalue weighted by Crippen LogP contribution is -2.41. The van der Waals surface area contributed by atoms with Gasteiger partial charge < -0.3 is 14.8 Å². The van der Waals surface area contributed by atoms with Crippen LogP contribution in [-0.4, -0.2) is 46.4 Å². The van der Waals surface area contributed by atoms with E-state index in [2.05, 4.69) is 5.32 Å². The molecule has 0 saturated carbocycles. The first-order valence-corrected chi connectivity index (χ1v) is 14.6. The van der Waals surface area contributed by atoms with Crippen molar-refractivity contribution in [3.8, 4) is 11.5 Å². The summed E-state index contributed by atoms with van der Waals surface area (Å²) in [6, 6.07) is 14.7. The molecule has 4 rings (SSSR count). The van der Waals surface area contributed by atoms with E-state index in [-0.39, 0.29) is 22.9 Å².